The van der Waals surface area contributed by atoms with E-state index in [1.165, 1.54) is 6.20 Å². The fourth-order valence-electron chi connectivity index (χ4n) is 1.56. The van der Waals surface area contributed by atoms with Crippen LogP contribution < -0.4 is 5.32 Å². The van der Waals surface area contributed by atoms with Gasteiger partial charge in [-0.3, -0.25) is 0 Å². The molecule has 0 saturated carbocycles. The highest BCUT2D eigenvalue weighted by molar-refractivity contribution is 5.79. The summed E-state index contributed by atoms with van der Waals surface area (Å²) in [4.78, 5) is 7.23. The lowest BCUT2D eigenvalue weighted by Crippen LogP contribution is -1.92. The molecule has 0 amide bonds. The molecule has 2 rings (SSSR count). The first kappa shape index (κ1) is 12.6. The molecule has 0 radical (unpaired) electrons. The summed E-state index contributed by atoms with van der Waals surface area (Å²) in [6.45, 7) is 1.63. The van der Waals surface area contributed by atoms with Crippen LogP contribution in [0.2, 0.25) is 0 Å². The van der Waals surface area contributed by atoms with E-state index >= 15 is 0 Å². The zero-order valence-electron chi connectivity index (χ0n) is 10.2. The van der Waals surface area contributed by atoms with E-state index in [-0.39, 0.29) is 5.57 Å². The van der Waals surface area contributed by atoms with Crippen molar-refractivity contribution in [2.24, 2.45) is 0 Å². The van der Waals surface area contributed by atoms with Gasteiger partial charge < -0.3 is 15.4 Å². The molecule has 1 atom stereocenters. The van der Waals surface area contributed by atoms with Crippen LogP contribution in [0.4, 0.5) is 5.69 Å². The molecular formula is C13H11N5O. The summed E-state index contributed by atoms with van der Waals surface area (Å²) in [6.07, 6.45) is 0.681. The number of hydrogen-bond donors (Lipinski definition) is 3. The molecular weight excluding hydrogens is 242 g/mol. The van der Waals surface area contributed by atoms with Crippen LogP contribution in [0, 0.1) is 22.7 Å². The summed E-state index contributed by atoms with van der Waals surface area (Å²) < 4.78 is 0. The molecule has 3 N–H and O–H groups in total. The number of H-pyrrole nitrogens is 1. The van der Waals surface area contributed by atoms with Crippen molar-refractivity contribution < 1.29 is 5.11 Å². The van der Waals surface area contributed by atoms with Crippen molar-refractivity contribution in [3.05, 3.63) is 35.8 Å². The van der Waals surface area contributed by atoms with Gasteiger partial charge in [-0.05, 0) is 25.1 Å². The number of hydrogen-bond acceptors (Lipinski definition) is 5. The predicted molar refractivity (Wildman–Crippen MR) is 69.7 cm³/mol. The van der Waals surface area contributed by atoms with Gasteiger partial charge in [0.05, 0.1) is 11.0 Å². The third kappa shape index (κ3) is 2.71. The van der Waals surface area contributed by atoms with Gasteiger partial charge in [-0.15, -0.1) is 0 Å². The molecule has 1 aromatic heterocycles. The molecule has 94 valence electrons. The van der Waals surface area contributed by atoms with Crippen LogP contribution in [0.25, 0.3) is 11.0 Å². The first-order chi connectivity index (χ1) is 9.13. The number of aliphatic hydroxyl groups excluding tert-OH is 1. The number of benzene rings is 1. The topological polar surface area (TPSA) is 109 Å². The van der Waals surface area contributed by atoms with E-state index < -0.39 is 6.10 Å². The van der Waals surface area contributed by atoms with Gasteiger partial charge in [0.25, 0.3) is 0 Å². The fraction of sp³-hybridized carbons (Fsp3) is 0.154. The third-order valence-electron chi connectivity index (χ3n) is 2.52. The Morgan fingerprint density at radius 1 is 1.47 bits per heavy atom. The molecule has 1 heterocycles. The normalized spacial score (nSPS) is 11.4. The molecule has 0 spiro atoms. The van der Waals surface area contributed by atoms with Gasteiger partial charge in [0, 0.05) is 11.9 Å². The summed E-state index contributed by atoms with van der Waals surface area (Å²) in [5.41, 5.74) is 2.22. The van der Waals surface area contributed by atoms with Crippen LogP contribution in [0.1, 0.15) is 18.9 Å². The molecule has 19 heavy (non-hydrogen) atoms. The SMILES string of the molecule is CC(O)c1nc2ccc(NC=C(C#N)C#N)cc2[nH]1. The minimum absolute atomic E-state index is 0.00521. The van der Waals surface area contributed by atoms with Crippen molar-refractivity contribution in [3.8, 4) is 12.1 Å². The third-order valence-corrected chi connectivity index (χ3v) is 2.52. The maximum Gasteiger partial charge on any atom is 0.145 e. The lowest BCUT2D eigenvalue weighted by Gasteiger charge is -1.99. The molecule has 6 nitrogen and oxygen atoms in total. The Labute approximate surface area is 109 Å². The van der Waals surface area contributed by atoms with Crippen LogP contribution in [-0.2, 0) is 0 Å². The van der Waals surface area contributed by atoms with Gasteiger partial charge in [-0.1, -0.05) is 0 Å². The van der Waals surface area contributed by atoms with Crippen molar-refractivity contribution in [1.29, 1.82) is 10.5 Å². The average Bonchev–Trinajstić information content (AvgIpc) is 2.83. The smallest absolute Gasteiger partial charge is 0.145 e. The van der Waals surface area contributed by atoms with E-state index in [9.17, 15) is 5.11 Å². The van der Waals surface area contributed by atoms with E-state index in [2.05, 4.69) is 15.3 Å². The molecule has 0 fully saturated rings. The van der Waals surface area contributed by atoms with Gasteiger partial charge in [0.15, 0.2) is 0 Å². The van der Waals surface area contributed by atoms with Gasteiger partial charge in [-0.25, -0.2) is 4.98 Å². The Bertz CT molecular complexity index is 699. The molecule has 0 aliphatic rings. The number of aromatic nitrogens is 2. The molecule has 6 heteroatoms. The van der Waals surface area contributed by atoms with E-state index in [1.54, 1.807) is 37.3 Å². The molecule has 1 unspecified atom stereocenters. The number of nitriles is 2. The Balaban J connectivity index is 2.30. The number of fused-ring (bicyclic) bond motifs is 1. The highest BCUT2D eigenvalue weighted by Crippen LogP contribution is 2.19. The zero-order chi connectivity index (χ0) is 13.8. The van der Waals surface area contributed by atoms with Crippen molar-refractivity contribution >= 4 is 16.7 Å². The predicted octanol–water partition coefficient (Wildman–Crippen LogP) is 1.96. The van der Waals surface area contributed by atoms with E-state index in [0.717, 1.165) is 16.7 Å². The van der Waals surface area contributed by atoms with E-state index in [0.29, 0.717) is 5.82 Å². The fourth-order valence-corrected chi connectivity index (χ4v) is 1.56. The minimum atomic E-state index is -0.660. The molecule has 2 aromatic rings. The Morgan fingerprint density at radius 3 is 2.84 bits per heavy atom. The molecule has 0 aliphatic heterocycles. The van der Waals surface area contributed by atoms with Crippen LogP contribution in [0.3, 0.4) is 0 Å². The Kier molecular flexibility index (Phi) is 3.46. The largest absolute Gasteiger partial charge is 0.385 e. The number of rotatable bonds is 3. The van der Waals surface area contributed by atoms with Crippen LogP contribution in [0.5, 0.6) is 0 Å². The molecule has 0 saturated heterocycles. The van der Waals surface area contributed by atoms with Gasteiger partial charge in [-0.2, -0.15) is 10.5 Å². The number of aliphatic hydroxyl groups is 1. The first-order valence-corrected chi connectivity index (χ1v) is 5.58. The summed E-state index contributed by atoms with van der Waals surface area (Å²) in [6, 6.07) is 8.87. The number of allylic oxidation sites excluding steroid dienone is 1. The summed E-state index contributed by atoms with van der Waals surface area (Å²) in [7, 11) is 0. The second-order valence-electron chi connectivity index (χ2n) is 3.96. The van der Waals surface area contributed by atoms with Gasteiger partial charge >= 0.3 is 0 Å². The standard InChI is InChI=1S/C13H11N5O/c1-8(19)13-17-11-3-2-10(4-12(11)18-13)16-7-9(5-14)6-15/h2-4,7-8,16,19H,1H3,(H,17,18). The maximum atomic E-state index is 9.44. The average molecular weight is 253 g/mol. The number of imidazole rings is 1. The number of nitrogens with one attached hydrogen (secondary N) is 2. The summed E-state index contributed by atoms with van der Waals surface area (Å²) in [5, 5.41) is 29.5. The zero-order valence-corrected chi connectivity index (χ0v) is 10.2. The number of nitrogens with zero attached hydrogens (tertiary/aromatic N) is 3. The van der Waals surface area contributed by atoms with Crippen molar-refractivity contribution in [1.82, 2.24) is 9.97 Å². The second kappa shape index (κ2) is 5.21. The lowest BCUT2D eigenvalue weighted by molar-refractivity contribution is 0.190. The highest BCUT2D eigenvalue weighted by Gasteiger charge is 2.07. The second-order valence-corrected chi connectivity index (χ2v) is 3.96. The van der Waals surface area contributed by atoms with Crippen LogP contribution in [-0.4, -0.2) is 15.1 Å². The number of aromatic amines is 1. The van der Waals surface area contributed by atoms with Crippen molar-refractivity contribution in [2.75, 3.05) is 5.32 Å². The highest BCUT2D eigenvalue weighted by atomic mass is 16.3. The van der Waals surface area contributed by atoms with E-state index in [1.807, 2.05) is 0 Å². The van der Waals surface area contributed by atoms with Gasteiger partial charge in [0.1, 0.15) is 29.6 Å². The van der Waals surface area contributed by atoms with E-state index in [4.69, 9.17) is 10.5 Å². The van der Waals surface area contributed by atoms with Crippen molar-refractivity contribution in [2.45, 2.75) is 13.0 Å². The maximum absolute atomic E-state index is 9.44. The Morgan fingerprint density at radius 2 is 2.21 bits per heavy atom. The van der Waals surface area contributed by atoms with Crippen LogP contribution in [0.15, 0.2) is 30.0 Å². The first-order valence-electron chi connectivity index (χ1n) is 5.58. The van der Waals surface area contributed by atoms with Crippen molar-refractivity contribution in [3.63, 3.8) is 0 Å². The lowest BCUT2D eigenvalue weighted by atomic mass is 10.2. The summed E-state index contributed by atoms with van der Waals surface area (Å²) >= 11 is 0. The molecule has 0 bridgehead atoms. The summed E-state index contributed by atoms with van der Waals surface area (Å²) in [5.74, 6) is 0.498. The number of anilines is 1. The quantitative estimate of drug-likeness (QED) is 0.724. The Hall–Kier alpha value is -2.83. The molecule has 0 aliphatic carbocycles. The molecule has 1 aromatic carbocycles. The van der Waals surface area contributed by atoms with Crippen LogP contribution >= 0.6 is 0 Å². The monoisotopic (exact) mass is 253 g/mol. The minimum Gasteiger partial charge on any atom is -0.385 e. The van der Waals surface area contributed by atoms with Gasteiger partial charge in [0.2, 0.25) is 0 Å².